The molecule has 0 amide bonds. The van der Waals surface area contributed by atoms with Crippen LogP contribution >= 0.6 is 0 Å². The number of carboxylic acid groups (broad SMARTS) is 1. The third-order valence-corrected chi connectivity index (χ3v) is 5.11. The Balaban J connectivity index is 1.47. The van der Waals surface area contributed by atoms with Gasteiger partial charge in [-0.2, -0.15) is 0 Å². The summed E-state index contributed by atoms with van der Waals surface area (Å²) in [7, 11) is 0. The van der Waals surface area contributed by atoms with Crippen molar-refractivity contribution in [2.45, 2.75) is 50.7 Å². The first-order valence-electron chi connectivity index (χ1n) is 8.94. The van der Waals surface area contributed by atoms with Crippen LogP contribution in [0.2, 0.25) is 0 Å². The lowest BCUT2D eigenvalue weighted by molar-refractivity contribution is -0.137. The van der Waals surface area contributed by atoms with Gasteiger partial charge >= 0.3 is 5.97 Å². The first-order valence-corrected chi connectivity index (χ1v) is 8.94. The number of para-hydroxylation sites is 1. The summed E-state index contributed by atoms with van der Waals surface area (Å²) in [5, 5.41) is 8.65. The summed E-state index contributed by atoms with van der Waals surface area (Å²) in [6.45, 7) is 0.711. The zero-order chi connectivity index (χ0) is 16.8. The van der Waals surface area contributed by atoms with E-state index < -0.39 is 5.97 Å². The molecule has 0 spiro atoms. The summed E-state index contributed by atoms with van der Waals surface area (Å²) >= 11 is 0. The van der Waals surface area contributed by atoms with Gasteiger partial charge in [0.1, 0.15) is 5.75 Å². The molecular formula is C20H26O4. The van der Waals surface area contributed by atoms with Gasteiger partial charge in [0.25, 0.3) is 0 Å². The van der Waals surface area contributed by atoms with Crippen LogP contribution < -0.4 is 4.74 Å². The van der Waals surface area contributed by atoms with Crippen molar-refractivity contribution in [2.24, 2.45) is 11.8 Å². The minimum absolute atomic E-state index is 0.245. The van der Waals surface area contributed by atoms with Gasteiger partial charge in [-0.05, 0) is 50.2 Å². The number of hydrogen-bond donors (Lipinski definition) is 1. The largest absolute Gasteiger partial charge is 0.493 e. The van der Waals surface area contributed by atoms with E-state index in [1.807, 2.05) is 30.3 Å². The topological polar surface area (TPSA) is 55.8 Å². The van der Waals surface area contributed by atoms with E-state index in [0.717, 1.165) is 31.4 Å². The number of benzene rings is 1. The van der Waals surface area contributed by atoms with E-state index in [0.29, 0.717) is 37.1 Å². The van der Waals surface area contributed by atoms with Crippen LogP contribution in [0, 0.1) is 11.8 Å². The van der Waals surface area contributed by atoms with Gasteiger partial charge in [-0.25, -0.2) is 0 Å². The highest BCUT2D eigenvalue weighted by Gasteiger charge is 2.48. The molecule has 4 atom stereocenters. The molecule has 4 heteroatoms. The van der Waals surface area contributed by atoms with Gasteiger partial charge in [-0.3, -0.25) is 4.79 Å². The molecule has 0 aromatic heterocycles. The van der Waals surface area contributed by atoms with Gasteiger partial charge in [0, 0.05) is 12.3 Å². The molecule has 24 heavy (non-hydrogen) atoms. The fourth-order valence-electron chi connectivity index (χ4n) is 3.88. The molecule has 2 saturated heterocycles. The second-order valence-corrected chi connectivity index (χ2v) is 6.74. The van der Waals surface area contributed by atoms with Crippen molar-refractivity contribution in [1.82, 2.24) is 0 Å². The first-order chi connectivity index (χ1) is 11.7. The van der Waals surface area contributed by atoms with Crippen molar-refractivity contribution in [3.63, 3.8) is 0 Å². The fraction of sp³-hybridized carbons (Fsp3) is 0.550. The van der Waals surface area contributed by atoms with E-state index >= 15 is 0 Å². The monoisotopic (exact) mass is 330 g/mol. The van der Waals surface area contributed by atoms with E-state index in [1.165, 1.54) is 0 Å². The van der Waals surface area contributed by atoms with Gasteiger partial charge in [0.05, 0.1) is 18.8 Å². The van der Waals surface area contributed by atoms with Crippen LogP contribution in [0.1, 0.15) is 38.5 Å². The van der Waals surface area contributed by atoms with Crippen molar-refractivity contribution in [2.75, 3.05) is 6.61 Å². The zero-order valence-corrected chi connectivity index (χ0v) is 14.0. The predicted molar refractivity (Wildman–Crippen MR) is 92.1 cm³/mol. The van der Waals surface area contributed by atoms with E-state index in [4.69, 9.17) is 14.6 Å². The Labute approximate surface area is 143 Å². The van der Waals surface area contributed by atoms with Gasteiger partial charge in [0.15, 0.2) is 0 Å². The highest BCUT2D eigenvalue weighted by atomic mass is 16.5. The summed E-state index contributed by atoms with van der Waals surface area (Å²) < 4.78 is 12.1. The number of aliphatic carboxylic acids is 1. The van der Waals surface area contributed by atoms with E-state index in [1.54, 1.807) is 0 Å². The number of fused-ring (bicyclic) bond motifs is 2. The molecule has 2 fully saturated rings. The molecule has 1 N–H and O–H groups in total. The van der Waals surface area contributed by atoms with Gasteiger partial charge in [-0.1, -0.05) is 30.4 Å². The molecule has 1 aromatic carbocycles. The van der Waals surface area contributed by atoms with E-state index in [9.17, 15) is 4.79 Å². The highest BCUT2D eigenvalue weighted by molar-refractivity contribution is 5.66. The van der Waals surface area contributed by atoms with Crippen molar-refractivity contribution in [3.8, 4) is 5.75 Å². The number of carboxylic acids is 1. The summed E-state index contributed by atoms with van der Waals surface area (Å²) in [4.78, 5) is 10.5. The van der Waals surface area contributed by atoms with Crippen LogP contribution in [0.3, 0.4) is 0 Å². The summed E-state index contributed by atoms with van der Waals surface area (Å²) in [5.74, 6) is 1.17. The maximum atomic E-state index is 10.5. The minimum Gasteiger partial charge on any atom is -0.493 e. The van der Waals surface area contributed by atoms with E-state index in [2.05, 4.69) is 12.2 Å². The number of ether oxygens (including phenoxy) is 2. The summed E-state index contributed by atoms with van der Waals surface area (Å²) in [5.41, 5.74) is 0. The van der Waals surface area contributed by atoms with Crippen LogP contribution in [-0.4, -0.2) is 29.9 Å². The molecule has 0 saturated carbocycles. The quantitative estimate of drug-likeness (QED) is 0.548. The van der Waals surface area contributed by atoms with Crippen molar-refractivity contribution in [3.05, 3.63) is 42.5 Å². The number of unbranched alkanes of at least 4 members (excludes halogenated alkanes) is 1. The van der Waals surface area contributed by atoms with Crippen LogP contribution in [0.4, 0.5) is 0 Å². The van der Waals surface area contributed by atoms with Crippen molar-refractivity contribution in [1.29, 1.82) is 0 Å². The molecule has 1 aromatic rings. The lowest BCUT2D eigenvalue weighted by Gasteiger charge is -2.27. The van der Waals surface area contributed by atoms with Crippen molar-refractivity contribution >= 4 is 5.97 Å². The first kappa shape index (κ1) is 17.0. The second-order valence-electron chi connectivity index (χ2n) is 6.74. The van der Waals surface area contributed by atoms with Gasteiger partial charge in [0.2, 0.25) is 0 Å². The maximum Gasteiger partial charge on any atom is 0.303 e. The molecule has 3 rings (SSSR count). The minimum atomic E-state index is -0.719. The number of rotatable bonds is 9. The molecule has 2 aliphatic heterocycles. The Morgan fingerprint density at radius 2 is 1.92 bits per heavy atom. The van der Waals surface area contributed by atoms with E-state index in [-0.39, 0.29) is 6.42 Å². The van der Waals surface area contributed by atoms with Crippen molar-refractivity contribution < 1.29 is 19.4 Å². The van der Waals surface area contributed by atoms with Crippen LogP contribution in [0.25, 0.3) is 0 Å². The zero-order valence-electron chi connectivity index (χ0n) is 14.0. The molecule has 2 heterocycles. The second kappa shape index (κ2) is 8.34. The third kappa shape index (κ3) is 4.38. The lowest BCUT2D eigenvalue weighted by atomic mass is 9.78. The molecule has 0 aliphatic carbocycles. The van der Waals surface area contributed by atoms with Crippen LogP contribution in [0.15, 0.2) is 42.5 Å². The maximum absolute atomic E-state index is 10.5. The molecule has 0 radical (unpaired) electrons. The predicted octanol–water partition coefficient (Wildman–Crippen LogP) is 4.06. The summed E-state index contributed by atoms with van der Waals surface area (Å²) in [6, 6.07) is 9.95. The Morgan fingerprint density at radius 1 is 1.17 bits per heavy atom. The lowest BCUT2D eigenvalue weighted by Crippen LogP contribution is -2.31. The SMILES string of the molecule is O=C(O)CCC/C=C\C[C@@H]1[C@@H](COc2ccccc2)[C@@H]2CC[C@H]1O2. The average molecular weight is 330 g/mol. The van der Waals surface area contributed by atoms with Crippen LogP contribution in [-0.2, 0) is 9.53 Å². The van der Waals surface area contributed by atoms with Gasteiger partial charge in [-0.15, -0.1) is 0 Å². The van der Waals surface area contributed by atoms with Gasteiger partial charge < -0.3 is 14.6 Å². The Hall–Kier alpha value is -1.81. The summed E-state index contributed by atoms with van der Waals surface area (Å²) in [6.07, 6.45) is 10.1. The van der Waals surface area contributed by atoms with Crippen LogP contribution in [0.5, 0.6) is 5.75 Å². The smallest absolute Gasteiger partial charge is 0.303 e. The normalized spacial score (nSPS) is 28.5. The molecule has 4 nitrogen and oxygen atoms in total. The average Bonchev–Trinajstić information content (AvgIpc) is 3.18. The molecule has 2 bridgehead atoms. The Kier molecular flexibility index (Phi) is 5.91. The number of hydrogen-bond acceptors (Lipinski definition) is 3. The fourth-order valence-corrected chi connectivity index (χ4v) is 3.88. The highest BCUT2D eigenvalue weighted by Crippen LogP contribution is 2.45. The number of carbonyl (C=O) groups is 1. The Bertz CT molecular complexity index is 554. The standard InChI is InChI=1S/C20H26O4/c21-20(22)11-7-2-1-6-10-16-17(19-13-12-18(16)24-19)14-23-15-8-4-3-5-9-15/h1,3-6,8-9,16-19H,2,7,10-14H2,(H,21,22)/b6-1-/t16-,17-,18-,19+/m1/s1. The molecule has 2 aliphatic rings. The Morgan fingerprint density at radius 3 is 2.67 bits per heavy atom. The number of allylic oxidation sites excluding steroid dienone is 2. The third-order valence-electron chi connectivity index (χ3n) is 5.11. The molecular weight excluding hydrogens is 304 g/mol. The molecule has 0 unspecified atom stereocenters. The molecule has 130 valence electrons.